The minimum Gasteiger partial charge on any atom is -0.347 e. The molecule has 1 aromatic rings. The Hall–Kier alpha value is -1.01. The number of amides is 1. The van der Waals surface area contributed by atoms with Crippen LogP contribution in [0.4, 0.5) is 0 Å². The van der Waals surface area contributed by atoms with Gasteiger partial charge >= 0.3 is 0 Å². The van der Waals surface area contributed by atoms with Gasteiger partial charge in [-0.2, -0.15) is 0 Å². The van der Waals surface area contributed by atoms with Crippen molar-refractivity contribution in [2.75, 3.05) is 0 Å². The van der Waals surface area contributed by atoms with Gasteiger partial charge in [0.1, 0.15) is 0 Å². The molecular formula is C11H18N4OS. The summed E-state index contributed by atoms with van der Waals surface area (Å²) in [6.45, 7) is 8.31. The zero-order valence-corrected chi connectivity index (χ0v) is 11.3. The van der Waals surface area contributed by atoms with Crippen molar-refractivity contribution in [3.63, 3.8) is 0 Å². The van der Waals surface area contributed by atoms with Crippen molar-refractivity contribution in [1.82, 2.24) is 14.9 Å². The molecule has 0 aliphatic heterocycles. The number of hydrogen-bond acceptors (Lipinski definition) is 5. The molecule has 0 saturated heterocycles. The van der Waals surface area contributed by atoms with Gasteiger partial charge in [-0.25, -0.2) is 0 Å². The molecule has 3 N–H and O–H groups in total. The van der Waals surface area contributed by atoms with Crippen molar-refractivity contribution in [3.8, 4) is 0 Å². The van der Waals surface area contributed by atoms with Crippen LogP contribution in [0, 0.1) is 10.8 Å². The lowest BCUT2D eigenvalue weighted by Gasteiger charge is -2.62. The molecule has 0 unspecified atom stereocenters. The lowest BCUT2D eigenvalue weighted by molar-refractivity contribution is -0.0664. The molecule has 94 valence electrons. The van der Waals surface area contributed by atoms with Gasteiger partial charge in [-0.15, -0.1) is 5.10 Å². The molecule has 0 aromatic carbocycles. The number of rotatable bonds is 2. The summed E-state index contributed by atoms with van der Waals surface area (Å²) in [6, 6.07) is 0.132. The second-order valence-electron chi connectivity index (χ2n) is 5.82. The summed E-state index contributed by atoms with van der Waals surface area (Å²) in [4.78, 5) is 11.9. The number of carbonyl (C=O) groups excluding carboxylic acids is 1. The second kappa shape index (κ2) is 3.74. The third-order valence-corrected chi connectivity index (χ3v) is 4.46. The SMILES string of the molecule is CC1(C)C(N)C(C)(C)C1NC(=O)c1csnn1. The normalized spacial score (nSPS) is 29.5. The van der Waals surface area contributed by atoms with E-state index >= 15 is 0 Å². The van der Waals surface area contributed by atoms with Gasteiger partial charge < -0.3 is 11.1 Å². The fourth-order valence-electron chi connectivity index (χ4n) is 3.02. The molecule has 1 amide bonds. The third kappa shape index (κ3) is 1.75. The van der Waals surface area contributed by atoms with Crippen LogP contribution < -0.4 is 11.1 Å². The van der Waals surface area contributed by atoms with E-state index in [1.807, 2.05) is 0 Å². The Bertz CT molecular complexity index is 411. The quantitative estimate of drug-likeness (QED) is 0.826. The molecule has 1 aliphatic carbocycles. The average Bonchev–Trinajstić information content (AvgIpc) is 2.77. The number of nitrogens with two attached hydrogens (primary N) is 1. The molecule has 0 radical (unpaired) electrons. The van der Waals surface area contributed by atoms with E-state index in [1.165, 1.54) is 11.5 Å². The van der Waals surface area contributed by atoms with Gasteiger partial charge in [-0.3, -0.25) is 4.79 Å². The van der Waals surface area contributed by atoms with Crippen molar-refractivity contribution in [2.24, 2.45) is 16.6 Å². The first-order valence-electron chi connectivity index (χ1n) is 5.61. The Morgan fingerprint density at radius 3 is 2.47 bits per heavy atom. The summed E-state index contributed by atoms with van der Waals surface area (Å²) in [5, 5.41) is 8.43. The molecule has 17 heavy (non-hydrogen) atoms. The third-order valence-electron chi connectivity index (χ3n) is 3.96. The molecule has 1 aromatic heterocycles. The summed E-state index contributed by atoms with van der Waals surface area (Å²) in [5.41, 5.74) is 6.33. The maximum atomic E-state index is 11.9. The van der Waals surface area contributed by atoms with Crippen LogP contribution in [-0.4, -0.2) is 27.6 Å². The Labute approximate surface area is 105 Å². The van der Waals surface area contributed by atoms with Crippen molar-refractivity contribution < 1.29 is 4.79 Å². The first-order chi connectivity index (χ1) is 7.78. The van der Waals surface area contributed by atoms with Crippen LogP contribution >= 0.6 is 11.5 Å². The molecule has 1 saturated carbocycles. The molecule has 0 atom stereocenters. The van der Waals surface area contributed by atoms with E-state index in [2.05, 4.69) is 42.6 Å². The van der Waals surface area contributed by atoms with Crippen LogP contribution in [0.2, 0.25) is 0 Å². The Morgan fingerprint density at radius 2 is 2.00 bits per heavy atom. The van der Waals surface area contributed by atoms with E-state index in [0.717, 1.165) is 0 Å². The summed E-state index contributed by atoms with van der Waals surface area (Å²) >= 11 is 1.17. The van der Waals surface area contributed by atoms with Gasteiger partial charge in [0.15, 0.2) is 5.69 Å². The van der Waals surface area contributed by atoms with E-state index < -0.39 is 0 Å². The molecule has 5 nitrogen and oxygen atoms in total. The predicted molar refractivity (Wildman–Crippen MR) is 66.7 cm³/mol. The molecule has 2 rings (SSSR count). The Morgan fingerprint density at radius 1 is 1.41 bits per heavy atom. The van der Waals surface area contributed by atoms with Crippen molar-refractivity contribution in [2.45, 2.75) is 39.8 Å². The summed E-state index contributed by atoms with van der Waals surface area (Å²) in [5.74, 6) is -0.170. The molecule has 1 aliphatic rings. The first kappa shape index (κ1) is 12.4. The van der Waals surface area contributed by atoms with E-state index in [0.29, 0.717) is 5.69 Å². The highest BCUT2D eigenvalue weighted by molar-refractivity contribution is 7.03. The Balaban J connectivity index is 2.12. The number of carbonyl (C=O) groups is 1. The van der Waals surface area contributed by atoms with Crippen molar-refractivity contribution in [1.29, 1.82) is 0 Å². The van der Waals surface area contributed by atoms with E-state index in [1.54, 1.807) is 5.38 Å². The minimum absolute atomic E-state index is 0.0548. The highest BCUT2D eigenvalue weighted by Gasteiger charge is 2.60. The average molecular weight is 254 g/mol. The standard InChI is InChI=1S/C11H18N4OS/c1-10(2)8(12)11(3,4)9(10)13-7(16)6-5-17-15-14-6/h5,8-9H,12H2,1-4H3,(H,13,16). The topological polar surface area (TPSA) is 80.9 Å². The Kier molecular flexibility index (Phi) is 2.74. The maximum Gasteiger partial charge on any atom is 0.272 e. The number of hydrogen-bond donors (Lipinski definition) is 2. The highest BCUT2D eigenvalue weighted by atomic mass is 32.1. The van der Waals surface area contributed by atoms with Crippen LogP contribution in [0.25, 0.3) is 0 Å². The lowest BCUT2D eigenvalue weighted by atomic mass is 9.48. The van der Waals surface area contributed by atoms with Crippen molar-refractivity contribution in [3.05, 3.63) is 11.1 Å². The maximum absolute atomic E-state index is 11.9. The zero-order valence-electron chi connectivity index (χ0n) is 10.5. The fraction of sp³-hybridized carbons (Fsp3) is 0.727. The van der Waals surface area contributed by atoms with Gasteiger partial charge in [-0.1, -0.05) is 32.2 Å². The smallest absolute Gasteiger partial charge is 0.272 e. The molecule has 6 heteroatoms. The summed E-state index contributed by atoms with van der Waals surface area (Å²) in [6.07, 6.45) is 0. The van der Waals surface area contributed by atoms with Gasteiger partial charge in [0.05, 0.1) is 0 Å². The monoisotopic (exact) mass is 254 g/mol. The number of aromatic nitrogens is 2. The van der Waals surface area contributed by atoms with Crippen LogP contribution in [0.1, 0.15) is 38.2 Å². The first-order valence-corrected chi connectivity index (χ1v) is 6.45. The highest BCUT2D eigenvalue weighted by Crippen LogP contribution is 2.52. The molecule has 0 bridgehead atoms. The number of nitrogens with one attached hydrogen (secondary N) is 1. The molecular weight excluding hydrogens is 236 g/mol. The van der Waals surface area contributed by atoms with Crippen LogP contribution in [0.5, 0.6) is 0 Å². The van der Waals surface area contributed by atoms with Crippen LogP contribution in [0.15, 0.2) is 5.38 Å². The van der Waals surface area contributed by atoms with Gasteiger partial charge in [0.25, 0.3) is 5.91 Å². The fourth-order valence-corrected chi connectivity index (χ4v) is 3.46. The van der Waals surface area contributed by atoms with Gasteiger partial charge in [-0.05, 0) is 11.5 Å². The van der Waals surface area contributed by atoms with E-state index in [-0.39, 0.29) is 28.8 Å². The zero-order chi connectivity index (χ0) is 12.8. The van der Waals surface area contributed by atoms with Crippen molar-refractivity contribution >= 4 is 17.4 Å². The molecule has 0 spiro atoms. The van der Waals surface area contributed by atoms with Crippen LogP contribution in [0.3, 0.4) is 0 Å². The lowest BCUT2D eigenvalue weighted by Crippen LogP contribution is -2.76. The summed E-state index contributed by atoms with van der Waals surface area (Å²) in [7, 11) is 0. The van der Waals surface area contributed by atoms with E-state index in [4.69, 9.17) is 5.73 Å². The number of nitrogens with zero attached hydrogens (tertiary/aromatic N) is 2. The van der Waals surface area contributed by atoms with Gasteiger partial charge in [0.2, 0.25) is 0 Å². The summed E-state index contributed by atoms with van der Waals surface area (Å²) < 4.78 is 3.69. The van der Waals surface area contributed by atoms with Crippen LogP contribution in [-0.2, 0) is 0 Å². The minimum atomic E-state index is -0.170. The largest absolute Gasteiger partial charge is 0.347 e. The predicted octanol–water partition coefficient (Wildman–Crippen LogP) is 1.03. The van der Waals surface area contributed by atoms with E-state index in [9.17, 15) is 4.79 Å². The second-order valence-corrected chi connectivity index (χ2v) is 6.43. The molecule has 1 heterocycles. The molecule has 1 fully saturated rings. The van der Waals surface area contributed by atoms with Gasteiger partial charge in [0, 0.05) is 28.3 Å².